The number of esters is 1. The normalized spacial score (nSPS) is 15.0. The SMILES string of the molecule is COC(=O)CCNC(=O)N1Cc2ccccc2-n2cccc2[C@H]1c1cccc(Cl)c1. The van der Waals surface area contributed by atoms with E-state index < -0.39 is 0 Å². The summed E-state index contributed by atoms with van der Waals surface area (Å²) in [6.45, 7) is 0.617. The van der Waals surface area contributed by atoms with Crippen LogP contribution < -0.4 is 5.32 Å². The number of para-hydroxylation sites is 1. The number of methoxy groups -OCH3 is 1. The molecule has 2 aromatic carbocycles. The zero-order valence-electron chi connectivity index (χ0n) is 16.5. The number of fused-ring (bicyclic) bond motifs is 3. The van der Waals surface area contributed by atoms with Crippen LogP contribution in [0.5, 0.6) is 0 Å². The van der Waals surface area contributed by atoms with Crippen molar-refractivity contribution >= 4 is 23.6 Å². The predicted molar refractivity (Wildman–Crippen MR) is 115 cm³/mol. The standard InChI is InChI=1S/C23H22ClN3O3/c1-30-21(28)11-12-25-23(29)27-15-17-6-2-3-9-19(17)26-13-5-10-20(26)22(27)16-7-4-8-18(24)14-16/h2-10,13-14,22H,11-12,15H2,1H3,(H,25,29)/t22-/m1/s1. The summed E-state index contributed by atoms with van der Waals surface area (Å²) in [6.07, 6.45) is 2.12. The average Bonchev–Trinajstić information content (AvgIpc) is 3.17. The highest BCUT2D eigenvalue weighted by molar-refractivity contribution is 6.30. The van der Waals surface area contributed by atoms with Gasteiger partial charge in [0.05, 0.1) is 31.8 Å². The van der Waals surface area contributed by atoms with E-state index in [1.807, 2.05) is 66.9 Å². The number of nitrogens with one attached hydrogen (secondary N) is 1. The lowest BCUT2D eigenvalue weighted by molar-refractivity contribution is -0.140. The molecule has 6 nitrogen and oxygen atoms in total. The van der Waals surface area contributed by atoms with E-state index in [-0.39, 0.29) is 31.0 Å². The molecule has 2 amide bonds. The van der Waals surface area contributed by atoms with Crippen molar-refractivity contribution in [1.82, 2.24) is 14.8 Å². The fraction of sp³-hybridized carbons (Fsp3) is 0.217. The van der Waals surface area contributed by atoms with Crippen LogP contribution in [0.25, 0.3) is 5.69 Å². The number of benzene rings is 2. The predicted octanol–water partition coefficient (Wildman–Crippen LogP) is 4.31. The quantitative estimate of drug-likeness (QED) is 0.636. The van der Waals surface area contributed by atoms with E-state index in [0.717, 1.165) is 22.5 Å². The summed E-state index contributed by atoms with van der Waals surface area (Å²) >= 11 is 6.28. The number of carbonyl (C=O) groups excluding carboxylic acids is 2. The molecule has 0 fully saturated rings. The Labute approximate surface area is 180 Å². The van der Waals surface area contributed by atoms with Crippen LogP contribution in [-0.2, 0) is 16.1 Å². The van der Waals surface area contributed by atoms with Crippen LogP contribution in [0.4, 0.5) is 4.79 Å². The first kappa shape index (κ1) is 20.0. The average molecular weight is 424 g/mol. The van der Waals surface area contributed by atoms with Gasteiger partial charge in [-0.3, -0.25) is 4.79 Å². The van der Waals surface area contributed by atoms with Crippen molar-refractivity contribution in [2.24, 2.45) is 0 Å². The van der Waals surface area contributed by atoms with Crippen LogP contribution in [0.15, 0.2) is 66.9 Å². The van der Waals surface area contributed by atoms with E-state index in [0.29, 0.717) is 11.6 Å². The first-order valence-electron chi connectivity index (χ1n) is 9.71. The fourth-order valence-electron chi connectivity index (χ4n) is 3.84. The number of rotatable bonds is 4. The highest BCUT2D eigenvalue weighted by Gasteiger charge is 2.32. The van der Waals surface area contributed by atoms with Crippen molar-refractivity contribution in [1.29, 1.82) is 0 Å². The summed E-state index contributed by atoms with van der Waals surface area (Å²) < 4.78 is 6.78. The highest BCUT2D eigenvalue weighted by atomic mass is 35.5. The van der Waals surface area contributed by atoms with Gasteiger partial charge in [-0.05, 0) is 41.5 Å². The number of ether oxygens (including phenoxy) is 1. The minimum absolute atomic E-state index is 0.116. The molecule has 1 aromatic heterocycles. The van der Waals surface area contributed by atoms with E-state index >= 15 is 0 Å². The molecular formula is C23H22ClN3O3. The minimum Gasteiger partial charge on any atom is -0.469 e. The molecule has 1 N–H and O–H groups in total. The maximum atomic E-state index is 13.3. The largest absolute Gasteiger partial charge is 0.469 e. The monoisotopic (exact) mass is 423 g/mol. The zero-order valence-corrected chi connectivity index (χ0v) is 17.3. The van der Waals surface area contributed by atoms with Crippen LogP contribution in [0, 0.1) is 0 Å². The molecule has 0 saturated carbocycles. The van der Waals surface area contributed by atoms with E-state index in [2.05, 4.69) is 14.6 Å². The number of carbonyl (C=O) groups is 2. The second kappa shape index (κ2) is 8.63. The van der Waals surface area contributed by atoms with Crippen LogP contribution >= 0.6 is 11.6 Å². The van der Waals surface area contributed by atoms with Crippen molar-refractivity contribution in [3.63, 3.8) is 0 Å². The van der Waals surface area contributed by atoms with Crippen LogP contribution in [0.2, 0.25) is 5.02 Å². The van der Waals surface area contributed by atoms with Gasteiger partial charge in [-0.2, -0.15) is 0 Å². The molecule has 1 aliphatic rings. The Morgan fingerprint density at radius 1 is 1.13 bits per heavy atom. The molecule has 30 heavy (non-hydrogen) atoms. The summed E-state index contributed by atoms with van der Waals surface area (Å²) in [5.41, 5.74) is 3.95. The smallest absolute Gasteiger partial charge is 0.318 e. The molecule has 154 valence electrons. The number of halogens is 1. The third-order valence-electron chi connectivity index (χ3n) is 5.22. The molecule has 2 heterocycles. The molecule has 4 rings (SSSR count). The number of hydrogen-bond acceptors (Lipinski definition) is 3. The Hall–Kier alpha value is -3.25. The molecule has 1 atom stereocenters. The van der Waals surface area contributed by atoms with Gasteiger partial charge in [-0.15, -0.1) is 0 Å². The Morgan fingerprint density at radius 2 is 1.97 bits per heavy atom. The molecule has 0 radical (unpaired) electrons. The van der Waals surface area contributed by atoms with E-state index in [9.17, 15) is 9.59 Å². The molecular weight excluding hydrogens is 402 g/mol. The Kier molecular flexibility index (Phi) is 5.77. The molecule has 1 aliphatic heterocycles. The van der Waals surface area contributed by atoms with Gasteiger partial charge in [0.15, 0.2) is 0 Å². The van der Waals surface area contributed by atoms with E-state index in [4.69, 9.17) is 11.6 Å². The van der Waals surface area contributed by atoms with Crippen LogP contribution in [0.1, 0.15) is 29.3 Å². The second-order valence-electron chi connectivity index (χ2n) is 7.08. The topological polar surface area (TPSA) is 63.6 Å². The molecule has 0 aliphatic carbocycles. The van der Waals surface area contributed by atoms with Crippen molar-refractivity contribution in [2.45, 2.75) is 19.0 Å². The lowest BCUT2D eigenvalue weighted by Gasteiger charge is -2.31. The van der Waals surface area contributed by atoms with Gasteiger partial charge < -0.3 is 19.5 Å². The van der Waals surface area contributed by atoms with E-state index in [1.165, 1.54) is 7.11 Å². The summed E-state index contributed by atoms with van der Waals surface area (Å²) in [4.78, 5) is 26.5. The maximum absolute atomic E-state index is 13.3. The van der Waals surface area contributed by atoms with Crippen molar-refractivity contribution in [2.75, 3.05) is 13.7 Å². The zero-order chi connectivity index (χ0) is 21.1. The molecule has 0 spiro atoms. The third-order valence-corrected chi connectivity index (χ3v) is 5.46. The maximum Gasteiger partial charge on any atom is 0.318 e. The van der Waals surface area contributed by atoms with Crippen LogP contribution in [-0.4, -0.2) is 35.1 Å². The number of aromatic nitrogens is 1. The highest BCUT2D eigenvalue weighted by Crippen LogP contribution is 2.37. The van der Waals surface area contributed by atoms with Gasteiger partial charge in [-0.25, -0.2) is 4.79 Å². The number of nitrogens with zero attached hydrogens (tertiary/aromatic N) is 2. The van der Waals surface area contributed by atoms with Gasteiger partial charge in [0.1, 0.15) is 0 Å². The van der Waals surface area contributed by atoms with Gasteiger partial charge in [0.2, 0.25) is 0 Å². The van der Waals surface area contributed by atoms with Crippen molar-refractivity contribution in [3.8, 4) is 5.69 Å². The van der Waals surface area contributed by atoms with Gasteiger partial charge in [0.25, 0.3) is 0 Å². The number of urea groups is 1. The summed E-state index contributed by atoms with van der Waals surface area (Å²) in [5.74, 6) is -0.364. The molecule has 7 heteroatoms. The van der Waals surface area contributed by atoms with Gasteiger partial charge >= 0.3 is 12.0 Å². The third kappa shape index (κ3) is 3.91. The summed E-state index contributed by atoms with van der Waals surface area (Å²) in [5, 5.41) is 3.47. The Balaban J connectivity index is 1.76. The Bertz CT molecular complexity index is 1080. The number of amides is 2. The second-order valence-corrected chi connectivity index (χ2v) is 7.51. The molecule has 3 aromatic rings. The summed E-state index contributed by atoms with van der Waals surface area (Å²) in [7, 11) is 1.33. The first-order chi connectivity index (χ1) is 14.6. The lowest BCUT2D eigenvalue weighted by Crippen LogP contribution is -2.42. The lowest BCUT2D eigenvalue weighted by atomic mass is 10.0. The summed E-state index contributed by atoms with van der Waals surface area (Å²) in [6, 6.07) is 19.0. The van der Waals surface area contributed by atoms with Gasteiger partial charge in [0, 0.05) is 23.5 Å². The minimum atomic E-state index is -0.364. The van der Waals surface area contributed by atoms with E-state index in [1.54, 1.807) is 4.90 Å². The Morgan fingerprint density at radius 3 is 2.77 bits per heavy atom. The van der Waals surface area contributed by atoms with Crippen LogP contribution in [0.3, 0.4) is 0 Å². The van der Waals surface area contributed by atoms with Crippen molar-refractivity contribution in [3.05, 3.63) is 88.7 Å². The van der Waals surface area contributed by atoms with Crippen molar-refractivity contribution < 1.29 is 14.3 Å². The fourth-order valence-corrected chi connectivity index (χ4v) is 4.04. The number of hydrogen-bond donors (Lipinski definition) is 1. The molecule has 0 bridgehead atoms. The first-order valence-corrected chi connectivity index (χ1v) is 10.1. The van der Waals surface area contributed by atoms with Gasteiger partial charge in [-0.1, -0.05) is 41.9 Å². The molecule has 0 saturated heterocycles. The molecule has 0 unspecified atom stereocenters.